The first-order valence-electron chi connectivity index (χ1n) is 7.43. The van der Waals surface area contributed by atoms with Crippen molar-refractivity contribution in [1.82, 2.24) is 0 Å². The zero-order chi connectivity index (χ0) is 15.9. The zero-order valence-corrected chi connectivity index (χ0v) is 12.6. The highest BCUT2D eigenvalue weighted by Gasteiger charge is 2.20. The van der Waals surface area contributed by atoms with Crippen LogP contribution in [0.3, 0.4) is 0 Å². The second-order valence-corrected chi connectivity index (χ2v) is 5.15. The van der Waals surface area contributed by atoms with Crippen LogP contribution in [-0.2, 0) is 27.5 Å². The molecule has 0 N–H and O–H groups in total. The molecule has 3 rings (SSSR count). The van der Waals surface area contributed by atoms with E-state index >= 15 is 0 Å². The molecule has 1 heterocycles. The van der Waals surface area contributed by atoms with Gasteiger partial charge in [0, 0.05) is 12.3 Å². The van der Waals surface area contributed by atoms with Gasteiger partial charge in [-0.15, -0.1) is 0 Å². The quantitative estimate of drug-likeness (QED) is 0.823. The van der Waals surface area contributed by atoms with Gasteiger partial charge >= 0.3 is 0 Å². The van der Waals surface area contributed by atoms with E-state index in [1.165, 1.54) is 12.3 Å². The topological polar surface area (TPSA) is 47.9 Å². The Labute approximate surface area is 135 Å². The summed E-state index contributed by atoms with van der Waals surface area (Å²) in [5.74, 6) is 0.164. The molecule has 4 heteroatoms. The Morgan fingerprint density at radius 1 is 0.870 bits per heavy atom. The molecule has 116 valence electrons. The molecule has 2 aromatic rings. The summed E-state index contributed by atoms with van der Waals surface area (Å²) in [4.78, 5) is 16.2. The van der Waals surface area contributed by atoms with Crippen molar-refractivity contribution in [2.45, 2.75) is 19.3 Å². The maximum atomic E-state index is 12.1. The SMILES string of the molecule is O=C1C=C(OCc2ccccc2)N=CC1OCc1ccccc1. The first-order chi connectivity index (χ1) is 11.3. The minimum atomic E-state index is -0.653. The molecule has 0 aliphatic carbocycles. The van der Waals surface area contributed by atoms with Gasteiger partial charge in [-0.05, 0) is 11.1 Å². The summed E-state index contributed by atoms with van der Waals surface area (Å²) in [6, 6.07) is 19.5. The van der Waals surface area contributed by atoms with Crippen LogP contribution >= 0.6 is 0 Å². The van der Waals surface area contributed by atoms with Crippen LogP contribution in [0.4, 0.5) is 0 Å². The van der Waals surface area contributed by atoms with Crippen LogP contribution in [0.2, 0.25) is 0 Å². The van der Waals surface area contributed by atoms with E-state index in [4.69, 9.17) is 9.47 Å². The second kappa shape index (κ2) is 7.51. The summed E-state index contributed by atoms with van der Waals surface area (Å²) in [5.41, 5.74) is 2.04. The van der Waals surface area contributed by atoms with Gasteiger partial charge in [0.05, 0.1) is 6.61 Å². The molecular weight excluding hydrogens is 290 g/mol. The highest BCUT2D eigenvalue weighted by molar-refractivity contribution is 6.06. The fourth-order valence-electron chi connectivity index (χ4n) is 2.15. The second-order valence-electron chi connectivity index (χ2n) is 5.15. The van der Waals surface area contributed by atoms with Crippen LogP contribution in [0.5, 0.6) is 0 Å². The maximum Gasteiger partial charge on any atom is 0.217 e. The van der Waals surface area contributed by atoms with Crippen molar-refractivity contribution < 1.29 is 14.3 Å². The van der Waals surface area contributed by atoms with E-state index in [1.807, 2.05) is 60.7 Å². The third-order valence-corrected chi connectivity index (χ3v) is 3.39. The van der Waals surface area contributed by atoms with Crippen LogP contribution in [-0.4, -0.2) is 18.1 Å². The first kappa shape index (κ1) is 15.2. The number of aliphatic imine (C=N–C) groups is 1. The molecule has 0 saturated heterocycles. The van der Waals surface area contributed by atoms with Gasteiger partial charge < -0.3 is 9.47 Å². The molecule has 0 amide bonds. The van der Waals surface area contributed by atoms with Crippen molar-refractivity contribution in [1.29, 1.82) is 0 Å². The Kier molecular flexibility index (Phi) is 4.96. The highest BCUT2D eigenvalue weighted by atomic mass is 16.5. The van der Waals surface area contributed by atoms with Gasteiger partial charge in [0.2, 0.25) is 5.88 Å². The van der Waals surface area contributed by atoms with E-state index in [-0.39, 0.29) is 5.78 Å². The van der Waals surface area contributed by atoms with Gasteiger partial charge in [0.25, 0.3) is 0 Å². The van der Waals surface area contributed by atoms with Crippen molar-refractivity contribution in [3.8, 4) is 0 Å². The predicted molar refractivity (Wildman–Crippen MR) is 87.8 cm³/mol. The Hall–Kier alpha value is -2.72. The fraction of sp³-hybridized carbons (Fsp3) is 0.158. The molecule has 0 saturated carbocycles. The van der Waals surface area contributed by atoms with Gasteiger partial charge in [0.1, 0.15) is 6.61 Å². The van der Waals surface area contributed by atoms with Crippen LogP contribution in [0.25, 0.3) is 0 Å². The molecule has 1 aliphatic heterocycles. The smallest absolute Gasteiger partial charge is 0.217 e. The van der Waals surface area contributed by atoms with Crippen molar-refractivity contribution in [2.24, 2.45) is 4.99 Å². The molecule has 4 nitrogen and oxygen atoms in total. The van der Waals surface area contributed by atoms with Crippen LogP contribution in [0.1, 0.15) is 11.1 Å². The van der Waals surface area contributed by atoms with E-state index < -0.39 is 6.10 Å². The third-order valence-electron chi connectivity index (χ3n) is 3.39. The molecule has 0 aromatic heterocycles. The summed E-state index contributed by atoms with van der Waals surface area (Å²) in [5, 5.41) is 0. The largest absolute Gasteiger partial charge is 0.473 e. The lowest BCUT2D eigenvalue weighted by molar-refractivity contribution is -0.122. The molecule has 23 heavy (non-hydrogen) atoms. The Balaban J connectivity index is 1.51. The number of hydrogen-bond donors (Lipinski definition) is 0. The third kappa shape index (κ3) is 4.37. The van der Waals surface area contributed by atoms with Gasteiger partial charge in [-0.1, -0.05) is 60.7 Å². The lowest BCUT2D eigenvalue weighted by atomic mass is 10.2. The van der Waals surface area contributed by atoms with Crippen molar-refractivity contribution in [3.05, 3.63) is 83.7 Å². The number of ether oxygens (including phenoxy) is 2. The lowest BCUT2D eigenvalue weighted by Gasteiger charge is -2.15. The van der Waals surface area contributed by atoms with E-state index in [0.717, 1.165) is 11.1 Å². The highest BCUT2D eigenvalue weighted by Crippen LogP contribution is 2.13. The number of rotatable bonds is 6. The van der Waals surface area contributed by atoms with E-state index in [2.05, 4.69) is 4.99 Å². The predicted octanol–water partition coefficient (Wildman–Crippen LogP) is 3.28. The molecule has 1 unspecified atom stereocenters. The molecule has 0 bridgehead atoms. The summed E-state index contributed by atoms with van der Waals surface area (Å²) in [6.07, 6.45) is 2.23. The summed E-state index contributed by atoms with van der Waals surface area (Å²) >= 11 is 0. The fourth-order valence-corrected chi connectivity index (χ4v) is 2.15. The molecule has 0 spiro atoms. The average Bonchev–Trinajstić information content (AvgIpc) is 2.61. The molecule has 0 fully saturated rings. The Morgan fingerprint density at radius 3 is 2.09 bits per heavy atom. The van der Waals surface area contributed by atoms with Gasteiger partial charge in [-0.2, -0.15) is 0 Å². The van der Waals surface area contributed by atoms with Gasteiger partial charge in [0.15, 0.2) is 11.9 Å². The van der Waals surface area contributed by atoms with Crippen molar-refractivity contribution in [2.75, 3.05) is 0 Å². The number of nitrogens with zero attached hydrogens (tertiary/aromatic N) is 1. The molecule has 0 radical (unpaired) electrons. The Morgan fingerprint density at radius 2 is 1.48 bits per heavy atom. The molecular formula is C19H17NO3. The summed E-state index contributed by atoms with van der Waals surface area (Å²) < 4.78 is 11.1. The zero-order valence-electron chi connectivity index (χ0n) is 12.6. The van der Waals surface area contributed by atoms with Gasteiger partial charge in [-0.25, -0.2) is 4.99 Å². The Bertz CT molecular complexity index is 708. The number of benzene rings is 2. The minimum Gasteiger partial charge on any atom is -0.473 e. The first-order valence-corrected chi connectivity index (χ1v) is 7.43. The van der Waals surface area contributed by atoms with Crippen LogP contribution < -0.4 is 0 Å². The number of carbonyl (C=O) groups excluding carboxylic acids is 1. The normalized spacial score (nSPS) is 17.0. The lowest BCUT2D eigenvalue weighted by Crippen LogP contribution is -2.27. The average molecular weight is 307 g/mol. The van der Waals surface area contributed by atoms with Crippen molar-refractivity contribution in [3.63, 3.8) is 0 Å². The summed E-state index contributed by atoms with van der Waals surface area (Å²) in [6.45, 7) is 0.754. The van der Waals surface area contributed by atoms with Crippen LogP contribution in [0, 0.1) is 0 Å². The molecule has 1 aliphatic rings. The number of ketones is 1. The number of hydrogen-bond acceptors (Lipinski definition) is 4. The number of carbonyl (C=O) groups is 1. The van der Waals surface area contributed by atoms with Crippen LogP contribution in [0.15, 0.2) is 77.6 Å². The van der Waals surface area contributed by atoms with Gasteiger partial charge in [-0.3, -0.25) is 4.79 Å². The van der Waals surface area contributed by atoms with E-state index in [1.54, 1.807) is 0 Å². The van der Waals surface area contributed by atoms with Crippen molar-refractivity contribution >= 4 is 12.0 Å². The molecule has 1 atom stereocenters. The molecule has 2 aromatic carbocycles. The maximum absolute atomic E-state index is 12.1. The minimum absolute atomic E-state index is 0.154. The summed E-state index contributed by atoms with van der Waals surface area (Å²) in [7, 11) is 0. The van der Waals surface area contributed by atoms with E-state index in [9.17, 15) is 4.79 Å². The van der Waals surface area contributed by atoms with E-state index in [0.29, 0.717) is 19.1 Å². The monoisotopic (exact) mass is 307 g/mol. The standard InChI is InChI=1S/C19H17NO3/c21-17-11-19(23-14-16-9-5-2-6-10-16)20-12-18(17)22-13-15-7-3-1-4-8-15/h1-12,18H,13-14H2.